The van der Waals surface area contributed by atoms with Crippen molar-refractivity contribution in [3.8, 4) is 0 Å². The molecule has 0 unspecified atom stereocenters. The number of ether oxygens (including phenoxy) is 2. The van der Waals surface area contributed by atoms with Crippen LogP contribution in [0.25, 0.3) is 0 Å². The van der Waals surface area contributed by atoms with Crippen molar-refractivity contribution in [3.63, 3.8) is 0 Å². The minimum absolute atomic E-state index is 0.114. The van der Waals surface area contributed by atoms with E-state index in [4.69, 9.17) is 10.5 Å². The second-order valence-electron chi connectivity index (χ2n) is 6.38. The highest BCUT2D eigenvalue weighted by molar-refractivity contribution is 6.42. The predicted octanol–water partition coefficient (Wildman–Crippen LogP) is 2.30. The molecule has 3 N–H and O–H groups in total. The number of pyridine rings is 1. The zero-order valence-corrected chi connectivity index (χ0v) is 16.6. The first-order chi connectivity index (χ1) is 14.7. The summed E-state index contributed by atoms with van der Waals surface area (Å²) in [5, 5.41) is 2.35. The van der Waals surface area contributed by atoms with E-state index in [-0.39, 0.29) is 17.4 Å². The summed E-state index contributed by atoms with van der Waals surface area (Å²) in [5.74, 6) is -2.12. The second kappa shape index (κ2) is 10.00. The molecule has 3 atom stereocenters. The van der Waals surface area contributed by atoms with Gasteiger partial charge in [-0.15, -0.1) is 0 Å². The maximum Gasteiger partial charge on any atom is 0.283 e. The Morgan fingerprint density at radius 2 is 2.19 bits per heavy atom. The zero-order chi connectivity index (χ0) is 23.2. The molecule has 168 valence electrons. The monoisotopic (exact) mass is 444 g/mol. The van der Waals surface area contributed by atoms with Gasteiger partial charge in [0, 0.05) is 0 Å². The van der Waals surface area contributed by atoms with Crippen LogP contribution in [0.5, 0.6) is 0 Å². The maximum atomic E-state index is 14.8. The van der Waals surface area contributed by atoms with Crippen LogP contribution in [0.1, 0.15) is 19.5 Å². The van der Waals surface area contributed by atoms with Gasteiger partial charge >= 0.3 is 0 Å². The molecule has 0 aliphatic carbocycles. The van der Waals surface area contributed by atoms with Crippen LogP contribution in [0.4, 0.5) is 23.4 Å². The Morgan fingerprint density at radius 1 is 1.48 bits per heavy atom. The number of hydrogen-bond donors (Lipinski definition) is 2. The topological polar surface area (TPSA) is 124 Å². The Bertz CT molecular complexity index is 939. The second-order valence-corrected chi connectivity index (χ2v) is 6.38. The molecule has 13 heteroatoms. The third-order valence-electron chi connectivity index (χ3n) is 4.25. The van der Waals surface area contributed by atoms with Crippen molar-refractivity contribution in [2.45, 2.75) is 31.7 Å². The van der Waals surface area contributed by atoms with E-state index in [1.807, 2.05) is 0 Å². The molecule has 0 bridgehead atoms. The molecule has 0 aromatic carbocycles. The van der Waals surface area contributed by atoms with Crippen molar-refractivity contribution in [3.05, 3.63) is 35.7 Å². The molecule has 1 aromatic heterocycles. The highest BCUT2D eigenvalue weighted by Crippen LogP contribution is 2.37. The number of halogens is 4. The summed E-state index contributed by atoms with van der Waals surface area (Å²) in [5.41, 5.74) is 2.86. The van der Waals surface area contributed by atoms with E-state index >= 15 is 0 Å². The number of nitrogens with one attached hydrogen (secondary N) is 1. The molecule has 31 heavy (non-hydrogen) atoms. The lowest BCUT2D eigenvalue weighted by atomic mass is 9.87. The minimum atomic E-state index is -2.11. The fourth-order valence-electron chi connectivity index (χ4n) is 2.65. The highest BCUT2D eigenvalue weighted by atomic mass is 19.1. The number of hydrogen-bond acceptors (Lipinski definition) is 8. The van der Waals surface area contributed by atoms with Crippen LogP contribution in [0, 0.1) is 5.82 Å². The Morgan fingerprint density at radius 3 is 2.81 bits per heavy atom. The van der Waals surface area contributed by atoms with Crippen molar-refractivity contribution < 1.29 is 31.8 Å². The summed E-state index contributed by atoms with van der Waals surface area (Å²) < 4.78 is 63.8. The number of aliphatic imine (C=N–C) groups is 3. The molecule has 1 aromatic rings. The number of nitrogens with two attached hydrogens (primary N) is 1. The number of amides is 1. The van der Waals surface area contributed by atoms with E-state index in [2.05, 4.69) is 36.7 Å². The summed E-state index contributed by atoms with van der Waals surface area (Å²) in [7, 11) is 0. The Balaban J connectivity index is 2.32. The summed E-state index contributed by atoms with van der Waals surface area (Å²) in [6.07, 6.45) is -2.73. The molecule has 0 fully saturated rings. The van der Waals surface area contributed by atoms with Gasteiger partial charge in [0.25, 0.3) is 11.9 Å². The van der Waals surface area contributed by atoms with E-state index in [1.165, 1.54) is 13.8 Å². The first-order valence-electron chi connectivity index (χ1n) is 8.76. The molecule has 0 radical (unpaired) electrons. The standard InChI is InChI=1S/C18H20F4N6O3/c1-9(25-7-13(24-3)30-8-20)16(29)27-12-5-4-10(21)15(26-12)18(2)14(22)11(6-19)31-17(23)28-18/h4-5,7,11,14H,3,6,8H2,1-2H3,(H2,23,28)(H,26,27,29)/b13-7+,25-9+/t11-,14+,18+/m1/s1. The SMILES string of the molecule is C=N/C(=C\N=C(/C)C(=O)Nc1ccc(F)c([C@@]2(C)N=C(N)O[C@H](CF)[C@@H]2F)n1)OCF. The number of aromatic nitrogens is 1. The molecule has 1 aliphatic rings. The highest BCUT2D eigenvalue weighted by Gasteiger charge is 2.49. The lowest BCUT2D eigenvalue weighted by Crippen LogP contribution is -2.51. The summed E-state index contributed by atoms with van der Waals surface area (Å²) in [6.45, 7) is 3.27. The molecule has 1 aliphatic heterocycles. The van der Waals surface area contributed by atoms with E-state index in [1.54, 1.807) is 0 Å². The molecule has 0 spiro atoms. The Kier molecular flexibility index (Phi) is 7.67. The number of carbonyl (C=O) groups excluding carboxylic acids is 1. The van der Waals surface area contributed by atoms with Gasteiger partial charge in [-0.1, -0.05) is 0 Å². The average Bonchev–Trinajstić information content (AvgIpc) is 2.74. The van der Waals surface area contributed by atoms with Gasteiger partial charge in [0.15, 0.2) is 12.3 Å². The van der Waals surface area contributed by atoms with E-state index in [9.17, 15) is 22.4 Å². The molecule has 0 saturated carbocycles. The summed E-state index contributed by atoms with van der Waals surface area (Å²) in [4.78, 5) is 27.1. The van der Waals surface area contributed by atoms with Crippen molar-refractivity contribution in [2.75, 3.05) is 18.9 Å². The van der Waals surface area contributed by atoms with Crippen LogP contribution in [-0.2, 0) is 19.8 Å². The quantitative estimate of drug-likeness (QED) is 0.362. The first kappa shape index (κ1) is 23.8. The van der Waals surface area contributed by atoms with Crippen molar-refractivity contribution in [1.82, 2.24) is 4.98 Å². The van der Waals surface area contributed by atoms with Crippen LogP contribution < -0.4 is 11.1 Å². The molecule has 2 rings (SSSR count). The first-order valence-corrected chi connectivity index (χ1v) is 8.76. The van der Waals surface area contributed by atoms with E-state index in [0.717, 1.165) is 18.3 Å². The van der Waals surface area contributed by atoms with Crippen LogP contribution >= 0.6 is 0 Å². The third-order valence-corrected chi connectivity index (χ3v) is 4.25. The smallest absolute Gasteiger partial charge is 0.283 e. The molecule has 2 heterocycles. The van der Waals surface area contributed by atoms with Crippen molar-refractivity contribution in [1.29, 1.82) is 0 Å². The normalized spacial score (nSPS) is 24.1. The van der Waals surface area contributed by atoms with Crippen LogP contribution in [0.2, 0.25) is 0 Å². The third kappa shape index (κ3) is 5.35. The predicted molar refractivity (Wildman–Crippen MR) is 105 cm³/mol. The number of anilines is 1. The van der Waals surface area contributed by atoms with Crippen molar-refractivity contribution in [2.24, 2.45) is 20.7 Å². The van der Waals surface area contributed by atoms with Gasteiger partial charge in [-0.2, -0.15) is 0 Å². The maximum absolute atomic E-state index is 14.8. The average molecular weight is 444 g/mol. The lowest BCUT2D eigenvalue weighted by molar-refractivity contribution is -0.110. The zero-order valence-electron chi connectivity index (χ0n) is 16.6. The largest absolute Gasteiger partial charge is 0.456 e. The number of nitrogens with zero attached hydrogens (tertiary/aromatic N) is 4. The van der Waals surface area contributed by atoms with Gasteiger partial charge in [-0.3, -0.25) is 9.79 Å². The van der Waals surface area contributed by atoms with Crippen molar-refractivity contribution >= 4 is 30.2 Å². The van der Waals surface area contributed by atoms with Crippen LogP contribution in [0.15, 0.2) is 39.2 Å². The fourth-order valence-corrected chi connectivity index (χ4v) is 2.65. The number of carbonyl (C=O) groups is 1. The van der Waals surface area contributed by atoms with Crippen LogP contribution in [0.3, 0.4) is 0 Å². The summed E-state index contributed by atoms with van der Waals surface area (Å²) >= 11 is 0. The summed E-state index contributed by atoms with van der Waals surface area (Å²) in [6, 6.07) is 1.54. The number of alkyl halides is 3. The number of rotatable bonds is 8. The molecular weight excluding hydrogens is 424 g/mol. The van der Waals surface area contributed by atoms with E-state index < -0.39 is 54.8 Å². The van der Waals surface area contributed by atoms with Gasteiger partial charge in [0.2, 0.25) is 12.7 Å². The van der Waals surface area contributed by atoms with Gasteiger partial charge < -0.3 is 20.5 Å². The minimum Gasteiger partial charge on any atom is -0.456 e. The van der Waals surface area contributed by atoms with E-state index in [0.29, 0.717) is 0 Å². The fraction of sp³-hybridized carbons (Fsp3) is 0.389. The van der Waals surface area contributed by atoms with Gasteiger partial charge in [-0.05, 0) is 32.7 Å². The molecular formula is C18H20F4N6O3. The number of amidine groups is 1. The van der Waals surface area contributed by atoms with Gasteiger partial charge in [0.05, 0.1) is 6.20 Å². The lowest BCUT2D eigenvalue weighted by Gasteiger charge is -2.36. The Hall–Kier alpha value is -3.51. The van der Waals surface area contributed by atoms with Crippen LogP contribution in [-0.4, -0.2) is 55.2 Å². The van der Waals surface area contributed by atoms with Gasteiger partial charge in [-0.25, -0.2) is 32.5 Å². The molecule has 0 saturated heterocycles. The Labute approximate surface area is 174 Å². The molecule has 9 nitrogen and oxygen atoms in total. The molecule has 1 amide bonds. The van der Waals surface area contributed by atoms with Gasteiger partial charge in [0.1, 0.15) is 35.3 Å².